The molecule has 10 heteroatoms. The second kappa shape index (κ2) is 9.76. The maximum atomic E-state index is 14.9. The van der Waals surface area contributed by atoms with Crippen LogP contribution >= 0.6 is 0 Å². The van der Waals surface area contributed by atoms with Gasteiger partial charge in [-0.1, -0.05) is 0 Å². The average Bonchev–Trinajstić information content (AvgIpc) is 3.45. The van der Waals surface area contributed by atoms with Gasteiger partial charge in [0.05, 0.1) is 24.5 Å². The molecule has 2 N–H and O–H groups in total. The summed E-state index contributed by atoms with van der Waals surface area (Å²) >= 11 is 0. The summed E-state index contributed by atoms with van der Waals surface area (Å²) in [4.78, 5) is 43.6. The molecule has 9 nitrogen and oxygen atoms in total. The number of benzene rings is 1. The Morgan fingerprint density at radius 2 is 2.03 bits per heavy atom. The summed E-state index contributed by atoms with van der Waals surface area (Å²) in [6.45, 7) is 3.80. The molecule has 174 valence electrons. The zero-order valence-electron chi connectivity index (χ0n) is 18.3. The van der Waals surface area contributed by atoms with Gasteiger partial charge in [-0.25, -0.2) is 9.18 Å². The number of aromatic nitrogens is 1. The third kappa shape index (κ3) is 5.33. The van der Waals surface area contributed by atoms with Crippen molar-refractivity contribution >= 4 is 35.4 Å². The van der Waals surface area contributed by atoms with E-state index < -0.39 is 18.0 Å². The number of halogens is 1. The van der Waals surface area contributed by atoms with Crippen LogP contribution in [0.1, 0.15) is 12.6 Å². The summed E-state index contributed by atoms with van der Waals surface area (Å²) in [5.74, 6) is -0.739. The van der Waals surface area contributed by atoms with E-state index in [0.717, 1.165) is 5.69 Å². The maximum Gasteiger partial charge on any atom is 0.414 e. The second-order valence-corrected chi connectivity index (χ2v) is 7.96. The lowest BCUT2D eigenvalue weighted by Gasteiger charge is -2.36. The molecule has 3 amide bonds. The van der Waals surface area contributed by atoms with Crippen molar-refractivity contribution in [1.82, 2.24) is 15.2 Å². The number of hydrogen-bond donors (Lipinski definition) is 2. The molecule has 2 fully saturated rings. The smallest absolute Gasteiger partial charge is 0.414 e. The molecule has 0 unspecified atom stereocenters. The lowest BCUT2D eigenvalue weighted by molar-refractivity contribution is -0.126. The van der Waals surface area contributed by atoms with Gasteiger partial charge in [0.2, 0.25) is 11.8 Å². The molecule has 2 aliphatic heterocycles. The Morgan fingerprint density at radius 3 is 2.70 bits per heavy atom. The number of amides is 3. The molecule has 0 bridgehead atoms. The summed E-state index contributed by atoms with van der Waals surface area (Å²) in [5.41, 5.74) is 1.68. The summed E-state index contributed by atoms with van der Waals surface area (Å²) in [6, 6.07) is 8.37. The predicted octanol–water partition coefficient (Wildman–Crippen LogP) is 1.98. The zero-order valence-corrected chi connectivity index (χ0v) is 18.3. The number of anilines is 2. The highest BCUT2D eigenvalue weighted by Gasteiger charge is 2.33. The highest BCUT2D eigenvalue weighted by Crippen LogP contribution is 2.28. The van der Waals surface area contributed by atoms with Crippen LogP contribution in [0.3, 0.4) is 0 Å². The van der Waals surface area contributed by atoms with E-state index in [-0.39, 0.29) is 24.9 Å². The van der Waals surface area contributed by atoms with E-state index >= 15 is 0 Å². The first kappa shape index (κ1) is 22.4. The summed E-state index contributed by atoms with van der Waals surface area (Å²) in [7, 11) is 0. The minimum atomic E-state index is -0.572. The third-order valence-corrected chi connectivity index (χ3v) is 5.66. The molecule has 2 saturated heterocycles. The lowest BCUT2D eigenvalue weighted by Crippen LogP contribution is -2.48. The molecule has 4 rings (SSSR count). The highest BCUT2D eigenvalue weighted by atomic mass is 19.1. The Labute approximate surface area is 190 Å². The third-order valence-electron chi connectivity index (χ3n) is 5.66. The van der Waals surface area contributed by atoms with Crippen molar-refractivity contribution in [2.24, 2.45) is 0 Å². The van der Waals surface area contributed by atoms with Crippen LogP contribution < -0.4 is 15.1 Å². The first-order chi connectivity index (χ1) is 15.9. The number of ether oxygens (including phenoxy) is 1. The van der Waals surface area contributed by atoms with E-state index in [1.165, 1.54) is 24.0 Å². The largest absolute Gasteiger partial charge is 0.442 e. The SMILES string of the molecule is CC(=O)NC[C@H]1CN(c2ccc(N3CCN(C(=O)/C=C/c4ccc[nH]4)CC3)c(F)c2)C(=O)O1. The monoisotopic (exact) mass is 455 g/mol. The minimum Gasteiger partial charge on any atom is -0.442 e. The fraction of sp³-hybridized carbons (Fsp3) is 0.348. The summed E-state index contributed by atoms with van der Waals surface area (Å²) in [5, 5.41) is 2.61. The van der Waals surface area contributed by atoms with Gasteiger partial charge >= 0.3 is 6.09 Å². The van der Waals surface area contributed by atoms with Crippen molar-refractivity contribution in [3.8, 4) is 0 Å². The van der Waals surface area contributed by atoms with Gasteiger partial charge in [-0.15, -0.1) is 0 Å². The van der Waals surface area contributed by atoms with Crippen molar-refractivity contribution in [3.63, 3.8) is 0 Å². The number of rotatable bonds is 6. The molecule has 1 aromatic carbocycles. The van der Waals surface area contributed by atoms with E-state index in [1.54, 1.807) is 29.3 Å². The molecule has 0 saturated carbocycles. The van der Waals surface area contributed by atoms with Gasteiger partial charge in [0.25, 0.3) is 0 Å². The quantitative estimate of drug-likeness (QED) is 0.649. The Hall–Kier alpha value is -3.82. The van der Waals surface area contributed by atoms with Crippen LogP contribution in [0.5, 0.6) is 0 Å². The predicted molar refractivity (Wildman–Crippen MR) is 121 cm³/mol. The van der Waals surface area contributed by atoms with Gasteiger partial charge in [-0.05, 0) is 36.4 Å². The van der Waals surface area contributed by atoms with Crippen molar-refractivity contribution in [1.29, 1.82) is 0 Å². The first-order valence-corrected chi connectivity index (χ1v) is 10.8. The van der Waals surface area contributed by atoms with E-state index in [9.17, 15) is 18.8 Å². The maximum absolute atomic E-state index is 14.9. The van der Waals surface area contributed by atoms with E-state index in [4.69, 9.17) is 4.74 Å². The van der Waals surface area contributed by atoms with E-state index in [0.29, 0.717) is 37.6 Å². The number of nitrogens with one attached hydrogen (secondary N) is 2. The number of cyclic esters (lactones) is 1. The Morgan fingerprint density at radius 1 is 1.24 bits per heavy atom. The van der Waals surface area contributed by atoms with Gasteiger partial charge in [0.15, 0.2) is 0 Å². The Balaban J connectivity index is 1.34. The molecule has 0 radical (unpaired) electrons. The van der Waals surface area contributed by atoms with Crippen LogP contribution in [0.25, 0.3) is 6.08 Å². The average molecular weight is 455 g/mol. The second-order valence-electron chi connectivity index (χ2n) is 7.96. The van der Waals surface area contributed by atoms with E-state index in [1.807, 2.05) is 17.0 Å². The highest BCUT2D eigenvalue weighted by molar-refractivity contribution is 5.92. The van der Waals surface area contributed by atoms with Gasteiger partial charge in [0, 0.05) is 51.1 Å². The normalized spacial score (nSPS) is 18.7. The molecule has 2 aliphatic rings. The van der Waals surface area contributed by atoms with Crippen LogP contribution in [0.15, 0.2) is 42.6 Å². The topological polar surface area (TPSA) is 98.0 Å². The van der Waals surface area contributed by atoms with Gasteiger partial charge in [-0.3, -0.25) is 14.5 Å². The van der Waals surface area contributed by atoms with Crippen molar-refractivity contribution < 1.29 is 23.5 Å². The molecular formula is C23H26FN5O4. The fourth-order valence-electron chi connectivity index (χ4n) is 3.90. The van der Waals surface area contributed by atoms with Crippen molar-refractivity contribution in [3.05, 3.63) is 54.1 Å². The molecule has 0 spiro atoms. The molecule has 1 aromatic heterocycles. The number of piperazine rings is 1. The van der Waals surface area contributed by atoms with Gasteiger partial charge in [-0.2, -0.15) is 0 Å². The summed E-state index contributed by atoms with van der Waals surface area (Å²) < 4.78 is 20.2. The van der Waals surface area contributed by atoms with Crippen LogP contribution in [0, 0.1) is 5.82 Å². The molecule has 3 heterocycles. The fourth-order valence-corrected chi connectivity index (χ4v) is 3.90. The Bertz CT molecular complexity index is 1050. The van der Waals surface area contributed by atoms with Crippen LogP contribution in [0.4, 0.5) is 20.6 Å². The number of nitrogens with zero attached hydrogens (tertiary/aromatic N) is 3. The number of carbonyl (C=O) groups is 3. The van der Waals surface area contributed by atoms with Crippen LogP contribution in [0.2, 0.25) is 0 Å². The number of aromatic amines is 1. The van der Waals surface area contributed by atoms with Crippen molar-refractivity contribution in [2.75, 3.05) is 49.1 Å². The first-order valence-electron chi connectivity index (χ1n) is 10.8. The molecule has 1 atom stereocenters. The van der Waals surface area contributed by atoms with Crippen LogP contribution in [-0.2, 0) is 14.3 Å². The minimum absolute atomic E-state index is 0.0820. The van der Waals surface area contributed by atoms with Crippen LogP contribution in [-0.4, -0.2) is 73.2 Å². The molecule has 0 aliphatic carbocycles. The molecular weight excluding hydrogens is 429 g/mol. The summed E-state index contributed by atoms with van der Waals surface area (Å²) in [6.07, 6.45) is 4.00. The zero-order chi connectivity index (χ0) is 23.4. The number of hydrogen-bond acceptors (Lipinski definition) is 5. The number of carbonyl (C=O) groups excluding carboxylic acids is 3. The van der Waals surface area contributed by atoms with Gasteiger partial charge < -0.3 is 24.8 Å². The lowest BCUT2D eigenvalue weighted by atomic mass is 10.2. The standard InChI is InChI=1S/C23H26FN5O4/c1-16(30)26-14-19-15-29(23(32)33-19)18-5-6-21(20(24)13-18)27-9-11-28(12-10-27)22(31)7-4-17-3-2-8-25-17/h2-8,13,19,25H,9-12,14-15H2,1H3,(H,26,30)/b7-4+/t19-/m0/s1. The number of H-pyrrole nitrogens is 1. The molecule has 33 heavy (non-hydrogen) atoms. The Kier molecular flexibility index (Phi) is 6.62. The van der Waals surface area contributed by atoms with E-state index in [2.05, 4.69) is 10.3 Å². The molecule has 2 aromatic rings. The van der Waals surface area contributed by atoms with Gasteiger partial charge in [0.1, 0.15) is 11.9 Å². The van der Waals surface area contributed by atoms with Crippen molar-refractivity contribution in [2.45, 2.75) is 13.0 Å².